The summed E-state index contributed by atoms with van der Waals surface area (Å²) in [6, 6.07) is 16.7. The quantitative estimate of drug-likeness (QED) is 0.425. The second kappa shape index (κ2) is 9.61. The van der Waals surface area contributed by atoms with E-state index in [1.807, 2.05) is 47.9 Å². The molecule has 0 saturated heterocycles. The number of benzene rings is 1. The van der Waals surface area contributed by atoms with Gasteiger partial charge in [0, 0.05) is 18.2 Å². The molecule has 8 nitrogen and oxygen atoms in total. The Labute approximate surface area is 202 Å². The van der Waals surface area contributed by atoms with Crippen molar-refractivity contribution in [2.75, 3.05) is 6.61 Å². The summed E-state index contributed by atoms with van der Waals surface area (Å²) in [4.78, 5) is 21.1. The monoisotopic (exact) mass is 474 g/mol. The molecule has 1 amide bonds. The van der Waals surface area contributed by atoms with Crippen molar-refractivity contribution in [1.82, 2.24) is 30.0 Å². The molecule has 0 bridgehead atoms. The van der Waals surface area contributed by atoms with Gasteiger partial charge in [0.2, 0.25) is 0 Å². The van der Waals surface area contributed by atoms with Crippen molar-refractivity contribution in [1.29, 1.82) is 0 Å². The Balaban J connectivity index is 1.41. The van der Waals surface area contributed by atoms with Gasteiger partial charge in [0.25, 0.3) is 5.91 Å². The molecule has 1 saturated carbocycles. The van der Waals surface area contributed by atoms with Crippen LogP contribution in [0.2, 0.25) is 5.02 Å². The minimum atomic E-state index is -0.170. The van der Waals surface area contributed by atoms with Gasteiger partial charge in [0.15, 0.2) is 5.82 Å². The van der Waals surface area contributed by atoms with Crippen molar-refractivity contribution in [3.63, 3.8) is 0 Å². The average Bonchev–Trinajstić information content (AvgIpc) is 3.26. The minimum Gasteiger partial charge on any atom is -0.492 e. The maximum absolute atomic E-state index is 12.4. The molecule has 0 unspecified atom stereocenters. The van der Waals surface area contributed by atoms with E-state index >= 15 is 0 Å². The molecule has 3 heterocycles. The molecule has 172 valence electrons. The Kier molecular flexibility index (Phi) is 6.22. The summed E-state index contributed by atoms with van der Waals surface area (Å²) in [5.74, 6) is 2.04. The first-order valence-electron chi connectivity index (χ1n) is 11.2. The predicted molar refractivity (Wildman–Crippen MR) is 128 cm³/mol. The zero-order valence-electron chi connectivity index (χ0n) is 18.6. The topological polar surface area (TPSA) is 94.8 Å². The second-order valence-electron chi connectivity index (χ2n) is 8.03. The van der Waals surface area contributed by atoms with E-state index in [9.17, 15) is 4.79 Å². The van der Waals surface area contributed by atoms with Gasteiger partial charge in [-0.1, -0.05) is 29.8 Å². The summed E-state index contributed by atoms with van der Waals surface area (Å²) >= 11 is 6.56. The van der Waals surface area contributed by atoms with Gasteiger partial charge in [-0.05, 0) is 56.2 Å². The number of ether oxygens (including phenoxy) is 1. The average molecular weight is 475 g/mol. The van der Waals surface area contributed by atoms with Crippen LogP contribution in [-0.2, 0) is 0 Å². The molecule has 1 aromatic carbocycles. The van der Waals surface area contributed by atoms with Gasteiger partial charge in [-0.2, -0.15) is 0 Å². The maximum Gasteiger partial charge on any atom is 0.270 e. The molecule has 0 radical (unpaired) electrons. The lowest BCUT2D eigenvalue weighted by Gasteiger charge is -2.35. The summed E-state index contributed by atoms with van der Waals surface area (Å²) in [5.41, 5.74) is 1.87. The Morgan fingerprint density at radius 1 is 1.09 bits per heavy atom. The van der Waals surface area contributed by atoms with Crippen LogP contribution < -0.4 is 10.1 Å². The lowest BCUT2D eigenvalue weighted by atomic mass is 9.79. The third-order valence-electron chi connectivity index (χ3n) is 5.79. The number of amides is 1. The highest BCUT2D eigenvalue weighted by atomic mass is 35.5. The second-order valence-corrected chi connectivity index (χ2v) is 8.44. The van der Waals surface area contributed by atoms with Gasteiger partial charge in [-0.25, -0.2) is 4.98 Å². The Morgan fingerprint density at radius 3 is 2.62 bits per heavy atom. The molecular formula is C25H23ClN6O2. The number of halogens is 1. The van der Waals surface area contributed by atoms with Crippen molar-refractivity contribution in [3.8, 4) is 23.0 Å². The number of hydrogen-bond acceptors (Lipinski definition) is 6. The highest BCUT2D eigenvalue weighted by Crippen LogP contribution is 2.39. The summed E-state index contributed by atoms with van der Waals surface area (Å²) in [6.07, 6.45) is 4.79. The first-order chi connectivity index (χ1) is 16.6. The fourth-order valence-electron chi connectivity index (χ4n) is 4.06. The van der Waals surface area contributed by atoms with Crippen LogP contribution in [0.4, 0.5) is 0 Å². The lowest BCUT2D eigenvalue weighted by molar-refractivity contribution is 0.0902. The number of nitrogens with zero attached hydrogens (tertiary/aromatic N) is 5. The standard InChI is InChI=1S/C25H23ClN6O2/c1-2-34-18-10-11-20(28-15-18)24-31-30-23(32(24)22-9-4-3-7-19(22)26)16-13-17(14-16)29-25(33)21-8-5-6-12-27-21/h3-12,15-17H,2,13-14H2,1H3,(H,29,33)/t16-,17-. The highest BCUT2D eigenvalue weighted by Gasteiger charge is 2.36. The highest BCUT2D eigenvalue weighted by molar-refractivity contribution is 6.32. The zero-order valence-corrected chi connectivity index (χ0v) is 19.3. The van der Waals surface area contributed by atoms with Gasteiger partial charge in [-0.15, -0.1) is 10.2 Å². The van der Waals surface area contributed by atoms with E-state index in [1.165, 1.54) is 0 Å². The van der Waals surface area contributed by atoms with Crippen molar-refractivity contribution >= 4 is 17.5 Å². The number of aromatic nitrogens is 5. The number of nitrogens with one attached hydrogen (secondary N) is 1. The molecule has 1 fully saturated rings. The SMILES string of the molecule is CCOc1ccc(-c2nnc([C@H]3C[C@H](NC(=O)c4ccccn4)C3)n2-c2ccccc2Cl)nc1. The molecule has 1 N–H and O–H groups in total. The van der Waals surface area contributed by atoms with Crippen LogP contribution in [0.3, 0.4) is 0 Å². The molecule has 1 aliphatic carbocycles. The van der Waals surface area contributed by atoms with Gasteiger partial charge >= 0.3 is 0 Å². The summed E-state index contributed by atoms with van der Waals surface area (Å²) in [6.45, 7) is 2.50. The minimum absolute atomic E-state index is 0.0444. The Hall–Kier alpha value is -3.78. The molecule has 34 heavy (non-hydrogen) atoms. The van der Waals surface area contributed by atoms with E-state index in [4.69, 9.17) is 16.3 Å². The van der Waals surface area contributed by atoms with E-state index in [0.29, 0.717) is 34.6 Å². The van der Waals surface area contributed by atoms with Gasteiger partial charge in [-0.3, -0.25) is 14.3 Å². The molecule has 9 heteroatoms. The largest absolute Gasteiger partial charge is 0.492 e. The third kappa shape index (κ3) is 4.36. The predicted octanol–water partition coefficient (Wildman–Crippen LogP) is 4.45. The number of hydrogen-bond donors (Lipinski definition) is 1. The van der Waals surface area contributed by atoms with Crippen LogP contribution in [0.5, 0.6) is 5.75 Å². The van der Waals surface area contributed by atoms with Crippen molar-refractivity contribution < 1.29 is 9.53 Å². The van der Waals surface area contributed by atoms with Crippen LogP contribution in [0.1, 0.15) is 42.0 Å². The van der Waals surface area contributed by atoms with Crippen molar-refractivity contribution in [2.24, 2.45) is 0 Å². The number of carbonyl (C=O) groups excluding carboxylic acids is 1. The molecule has 1 aliphatic rings. The number of rotatable bonds is 7. The van der Waals surface area contributed by atoms with Gasteiger partial charge < -0.3 is 10.1 Å². The van der Waals surface area contributed by atoms with Crippen LogP contribution in [0.15, 0.2) is 67.0 Å². The molecule has 4 aromatic rings. The van der Waals surface area contributed by atoms with E-state index in [0.717, 1.165) is 24.4 Å². The number of pyridine rings is 2. The van der Waals surface area contributed by atoms with E-state index in [1.54, 1.807) is 30.6 Å². The smallest absolute Gasteiger partial charge is 0.270 e. The normalized spacial score (nSPS) is 17.1. The van der Waals surface area contributed by atoms with E-state index in [-0.39, 0.29) is 17.9 Å². The van der Waals surface area contributed by atoms with Crippen molar-refractivity contribution in [2.45, 2.75) is 31.7 Å². The fraction of sp³-hybridized carbons (Fsp3) is 0.240. The van der Waals surface area contributed by atoms with Crippen LogP contribution in [-0.4, -0.2) is 43.3 Å². The van der Waals surface area contributed by atoms with Crippen LogP contribution in [0.25, 0.3) is 17.2 Å². The molecular weight excluding hydrogens is 452 g/mol. The first-order valence-corrected chi connectivity index (χ1v) is 11.5. The number of carbonyl (C=O) groups is 1. The summed E-state index contributed by atoms with van der Waals surface area (Å²) < 4.78 is 7.48. The molecule has 3 aromatic heterocycles. The summed E-state index contributed by atoms with van der Waals surface area (Å²) in [7, 11) is 0. The number of para-hydroxylation sites is 1. The summed E-state index contributed by atoms with van der Waals surface area (Å²) in [5, 5.41) is 12.6. The third-order valence-corrected chi connectivity index (χ3v) is 6.11. The maximum atomic E-state index is 12.4. The van der Waals surface area contributed by atoms with Gasteiger partial charge in [0.1, 0.15) is 23.0 Å². The molecule has 0 spiro atoms. The van der Waals surface area contributed by atoms with Gasteiger partial charge in [0.05, 0.1) is 23.5 Å². The van der Waals surface area contributed by atoms with E-state index in [2.05, 4.69) is 25.5 Å². The molecule has 5 rings (SSSR count). The van der Waals surface area contributed by atoms with Crippen molar-refractivity contribution in [3.05, 3.63) is 83.5 Å². The Bertz CT molecular complexity index is 1290. The molecule has 0 aliphatic heterocycles. The molecule has 0 atom stereocenters. The Morgan fingerprint density at radius 2 is 1.91 bits per heavy atom. The van der Waals surface area contributed by atoms with E-state index < -0.39 is 0 Å². The van der Waals surface area contributed by atoms with Crippen LogP contribution >= 0.6 is 11.6 Å². The first kappa shape index (κ1) is 22.0. The van der Waals surface area contributed by atoms with Crippen LogP contribution in [0, 0.1) is 0 Å². The fourth-order valence-corrected chi connectivity index (χ4v) is 4.28. The lowest BCUT2D eigenvalue weighted by Crippen LogP contribution is -2.44. The zero-order chi connectivity index (χ0) is 23.5.